The number of halogens is 3. The zero-order chi connectivity index (χ0) is 26.4. The molecule has 1 aromatic heterocycles. The van der Waals surface area contributed by atoms with Crippen LogP contribution in [-0.2, 0) is 24.4 Å². The van der Waals surface area contributed by atoms with E-state index in [4.69, 9.17) is 10.00 Å². The van der Waals surface area contributed by atoms with E-state index < -0.39 is 18.2 Å². The SMILES string of the molecule is Cc1ncc(CNC2CCN(C(=O)OCc3ccccc3OC(F)(F)F)C2)n1Cc1ccc(C#N)cc1. The number of nitriles is 1. The van der Waals surface area contributed by atoms with E-state index in [-0.39, 0.29) is 18.2 Å². The lowest BCUT2D eigenvalue weighted by molar-refractivity contribution is -0.275. The van der Waals surface area contributed by atoms with Crippen LogP contribution in [0.5, 0.6) is 5.75 Å². The number of carbonyl (C=O) groups is 1. The number of aromatic nitrogens is 2. The molecule has 0 radical (unpaired) electrons. The molecule has 3 aromatic rings. The number of benzene rings is 2. The molecule has 0 bridgehead atoms. The maximum atomic E-state index is 12.6. The quantitative estimate of drug-likeness (QED) is 0.477. The van der Waals surface area contributed by atoms with E-state index in [1.807, 2.05) is 25.3 Å². The summed E-state index contributed by atoms with van der Waals surface area (Å²) in [6.45, 7) is 3.67. The standard InChI is InChI=1S/C26H26F3N5O3/c1-18-31-13-23(34(18)15-20-8-6-19(12-30)7-9-20)14-32-22-10-11-33(16-22)25(35)36-17-21-4-2-3-5-24(21)37-26(27,28)29/h2-9,13,22,32H,10-11,14-17H2,1H3. The average molecular weight is 514 g/mol. The van der Waals surface area contributed by atoms with Gasteiger partial charge in [0.1, 0.15) is 18.2 Å². The largest absolute Gasteiger partial charge is 0.573 e. The second-order valence-electron chi connectivity index (χ2n) is 8.71. The van der Waals surface area contributed by atoms with Crippen LogP contribution in [0.4, 0.5) is 18.0 Å². The molecule has 1 aliphatic heterocycles. The van der Waals surface area contributed by atoms with E-state index in [9.17, 15) is 18.0 Å². The van der Waals surface area contributed by atoms with Crippen molar-refractivity contribution < 1.29 is 27.4 Å². The molecule has 8 nitrogen and oxygen atoms in total. The number of hydrogen-bond acceptors (Lipinski definition) is 6. The molecule has 37 heavy (non-hydrogen) atoms. The topological polar surface area (TPSA) is 92.4 Å². The van der Waals surface area contributed by atoms with Crippen LogP contribution >= 0.6 is 0 Å². The molecule has 11 heteroatoms. The normalized spacial score (nSPS) is 15.4. The third-order valence-electron chi connectivity index (χ3n) is 6.13. The molecule has 0 saturated carbocycles. The average Bonchev–Trinajstić information content (AvgIpc) is 3.48. The Kier molecular flexibility index (Phi) is 7.98. The van der Waals surface area contributed by atoms with Crippen LogP contribution in [0.2, 0.25) is 0 Å². The lowest BCUT2D eigenvalue weighted by Gasteiger charge is -2.18. The zero-order valence-electron chi connectivity index (χ0n) is 20.2. The van der Waals surface area contributed by atoms with Gasteiger partial charge in [-0.1, -0.05) is 30.3 Å². The van der Waals surface area contributed by atoms with Crippen LogP contribution in [0.3, 0.4) is 0 Å². The minimum atomic E-state index is -4.83. The first kappa shape index (κ1) is 26.0. The van der Waals surface area contributed by atoms with Crippen LogP contribution in [0.15, 0.2) is 54.7 Å². The van der Waals surface area contributed by atoms with Gasteiger partial charge >= 0.3 is 12.5 Å². The van der Waals surface area contributed by atoms with Gasteiger partial charge < -0.3 is 24.3 Å². The number of imidazole rings is 1. The molecule has 4 rings (SSSR count). The second-order valence-corrected chi connectivity index (χ2v) is 8.71. The number of carbonyl (C=O) groups excluding carboxylic acids is 1. The molecule has 194 valence electrons. The third kappa shape index (κ3) is 7.01. The van der Waals surface area contributed by atoms with Gasteiger partial charge in [-0.25, -0.2) is 9.78 Å². The highest BCUT2D eigenvalue weighted by atomic mass is 19.4. The van der Waals surface area contributed by atoms with Gasteiger partial charge in [-0.2, -0.15) is 5.26 Å². The lowest BCUT2D eigenvalue weighted by atomic mass is 10.1. The molecule has 1 amide bonds. The number of hydrogen-bond donors (Lipinski definition) is 1. The van der Waals surface area contributed by atoms with Crippen LogP contribution in [0.25, 0.3) is 0 Å². The van der Waals surface area contributed by atoms with Gasteiger partial charge in [-0.05, 0) is 37.1 Å². The Labute approximate surface area is 212 Å². The summed E-state index contributed by atoms with van der Waals surface area (Å²) >= 11 is 0. The third-order valence-corrected chi connectivity index (χ3v) is 6.13. The number of nitrogens with zero attached hydrogens (tertiary/aromatic N) is 4. The molecule has 1 atom stereocenters. The van der Waals surface area contributed by atoms with E-state index in [0.29, 0.717) is 38.2 Å². The Bertz CT molecular complexity index is 1270. The molecule has 1 unspecified atom stereocenters. The number of rotatable bonds is 8. The van der Waals surface area contributed by atoms with Crippen molar-refractivity contribution in [3.05, 3.63) is 82.9 Å². The summed E-state index contributed by atoms with van der Waals surface area (Å²) in [7, 11) is 0. The molecule has 1 N–H and O–H groups in total. The Morgan fingerprint density at radius 1 is 1.22 bits per heavy atom. The molecule has 2 heterocycles. The summed E-state index contributed by atoms with van der Waals surface area (Å²) in [5.41, 5.74) is 2.78. The predicted octanol–water partition coefficient (Wildman–Crippen LogP) is 4.51. The van der Waals surface area contributed by atoms with E-state index in [1.54, 1.807) is 18.2 Å². The number of amides is 1. The Morgan fingerprint density at radius 2 is 1.97 bits per heavy atom. The van der Waals surface area contributed by atoms with E-state index in [2.05, 4.69) is 25.7 Å². The molecule has 1 fully saturated rings. The fraction of sp³-hybridized carbons (Fsp3) is 0.346. The number of para-hydroxylation sites is 1. The first-order valence-electron chi connectivity index (χ1n) is 11.7. The molecule has 1 saturated heterocycles. The molecule has 0 aliphatic carbocycles. The van der Waals surface area contributed by atoms with Crippen LogP contribution < -0.4 is 10.1 Å². The molecule has 2 aromatic carbocycles. The number of aryl methyl sites for hydroxylation is 1. The fourth-order valence-electron chi connectivity index (χ4n) is 4.16. The highest BCUT2D eigenvalue weighted by Gasteiger charge is 2.32. The van der Waals surface area contributed by atoms with Gasteiger partial charge in [-0.3, -0.25) is 0 Å². The number of alkyl halides is 3. The van der Waals surface area contributed by atoms with Crippen molar-refractivity contribution in [2.45, 2.75) is 45.4 Å². The minimum absolute atomic E-state index is 0.0342. The van der Waals surface area contributed by atoms with Crippen molar-refractivity contribution >= 4 is 6.09 Å². The fourth-order valence-corrected chi connectivity index (χ4v) is 4.16. The maximum Gasteiger partial charge on any atom is 0.573 e. The van der Waals surface area contributed by atoms with E-state index in [1.165, 1.54) is 23.1 Å². The lowest BCUT2D eigenvalue weighted by Crippen LogP contribution is -2.35. The molecule has 1 aliphatic rings. The summed E-state index contributed by atoms with van der Waals surface area (Å²) in [6.07, 6.45) is -2.89. The molecular formula is C26H26F3N5O3. The second kappa shape index (κ2) is 11.3. The van der Waals surface area contributed by atoms with Crippen molar-refractivity contribution in [2.75, 3.05) is 13.1 Å². The first-order chi connectivity index (χ1) is 17.7. The van der Waals surface area contributed by atoms with Gasteiger partial charge in [0.25, 0.3) is 0 Å². The summed E-state index contributed by atoms with van der Waals surface area (Å²) in [5.74, 6) is 0.476. The number of likely N-dealkylation sites (tertiary alicyclic amines) is 1. The van der Waals surface area contributed by atoms with Crippen LogP contribution in [0.1, 0.15) is 34.6 Å². The van der Waals surface area contributed by atoms with E-state index >= 15 is 0 Å². The number of ether oxygens (including phenoxy) is 2. The monoisotopic (exact) mass is 513 g/mol. The van der Waals surface area contributed by atoms with Crippen molar-refractivity contribution in [3.63, 3.8) is 0 Å². The van der Waals surface area contributed by atoms with E-state index in [0.717, 1.165) is 17.1 Å². The highest BCUT2D eigenvalue weighted by Crippen LogP contribution is 2.27. The zero-order valence-corrected chi connectivity index (χ0v) is 20.2. The van der Waals surface area contributed by atoms with Gasteiger partial charge in [0.05, 0.1) is 17.3 Å². The Hall–Kier alpha value is -4.04. The Balaban J connectivity index is 1.28. The van der Waals surface area contributed by atoms with Gasteiger partial charge in [0.2, 0.25) is 0 Å². The van der Waals surface area contributed by atoms with Gasteiger partial charge in [-0.15, -0.1) is 13.2 Å². The highest BCUT2D eigenvalue weighted by molar-refractivity contribution is 5.68. The number of nitrogens with one attached hydrogen (secondary N) is 1. The summed E-state index contributed by atoms with van der Waals surface area (Å²) in [6, 6.07) is 15.1. The van der Waals surface area contributed by atoms with Crippen molar-refractivity contribution in [2.24, 2.45) is 0 Å². The Morgan fingerprint density at radius 3 is 2.70 bits per heavy atom. The minimum Gasteiger partial charge on any atom is -0.444 e. The maximum absolute atomic E-state index is 12.6. The summed E-state index contributed by atoms with van der Waals surface area (Å²) in [4.78, 5) is 18.5. The summed E-state index contributed by atoms with van der Waals surface area (Å²) < 4.78 is 49.2. The molecular weight excluding hydrogens is 487 g/mol. The van der Waals surface area contributed by atoms with Crippen LogP contribution in [0, 0.1) is 18.3 Å². The van der Waals surface area contributed by atoms with Crippen LogP contribution in [-0.4, -0.2) is 46.0 Å². The molecule has 0 spiro atoms. The van der Waals surface area contributed by atoms with Crippen molar-refractivity contribution in [3.8, 4) is 11.8 Å². The smallest absolute Gasteiger partial charge is 0.444 e. The van der Waals surface area contributed by atoms with Crippen molar-refractivity contribution in [1.29, 1.82) is 5.26 Å². The predicted molar refractivity (Wildman–Crippen MR) is 127 cm³/mol. The van der Waals surface area contributed by atoms with Gasteiger partial charge in [0.15, 0.2) is 0 Å². The van der Waals surface area contributed by atoms with Gasteiger partial charge in [0, 0.05) is 44.0 Å². The first-order valence-corrected chi connectivity index (χ1v) is 11.7. The summed E-state index contributed by atoms with van der Waals surface area (Å²) in [5, 5.41) is 12.4. The van der Waals surface area contributed by atoms with Crippen molar-refractivity contribution in [1.82, 2.24) is 19.8 Å².